The normalized spacial score (nSPS) is 15.9. The van der Waals surface area contributed by atoms with Crippen molar-refractivity contribution in [1.29, 1.82) is 0 Å². The molecule has 0 saturated heterocycles. The SMILES string of the molecule is CCOC(=O)C1=C(CN(C)Cc2nc3ccccc3c(=O)[nH]2)NC(=O)NC1c1ccc(Cl)cc1. The minimum absolute atomic E-state index is 0.189. The van der Waals surface area contributed by atoms with E-state index < -0.39 is 18.0 Å². The number of hydrogen-bond acceptors (Lipinski definition) is 6. The number of para-hydroxylation sites is 1. The number of benzene rings is 2. The summed E-state index contributed by atoms with van der Waals surface area (Å²) in [5, 5.41) is 6.59. The number of urea groups is 1. The summed E-state index contributed by atoms with van der Waals surface area (Å²) in [7, 11) is 1.80. The number of ether oxygens (including phenoxy) is 1. The third kappa shape index (κ3) is 5.11. The number of nitrogens with zero attached hydrogens (tertiary/aromatic N) is 2. The molecule has 4 rings (SSSR count). The lowest BCUT2D eigenvalue weighted by molar-refractivity contribution is -0.139. The van der Waals surface area contributed by atoms with Gasteiger partial charge in [-0.3, -0.25) is 9.69 Å². The van der Waals surface area contributed by atoms with Crippen molar-refractivity contribution in [2.24, 2.45) is 0 Å². The fraction of sp³-hybridized carbons (Fsp3) is 0.250. The molecule has 3 aromatic rings. The number of nitrogens with one attached hydrogen (secondary N) is 3. The topological polar surface area (TPSA) is 116 Å². The molecule has 0 fully saturated rings. The molecule has 2 amide bonds. The summed E-state index contributed by atoms with van der Waals surface area (Å²) < 4.78 is 5.29. The number of likely N-dealkylation sites (N-methyl/N-ethyl adjacent to an activating group) is 1. The van der Waals surface area contributed by atoms with E-state index in [-0.39, 0.29) is 25.3 Å². The van der Waals surface area contributed by atoms with Gasteiger partial charge in [0.15, 0.2) is 0 Å². The lowest BCUT2D eigenvalue weighted by Gasteiger charge is -2.31. The molecule has 1 aliphatic rings. The van der Waals surface area contributed by atoms with Crippen molar-refractivity contribution in [3.63, 3.8) is 0 Å². The molecule has 176 valence electrons. The van der Waals surface area contributed by atoms with Gasteiger partial charge in [0, 0.05) is 17.3 Å². The molecule has 0 aliphatic carbocycles. The number of aromatic nitrogens is 2. The van der Waals surface area contributed by atoms with Crippen LogP contribution in [-0.2, 0) is 16.1 Å². The Morgan fingerprint density at radius 1 is 1.12 bits per heavy atom. The van der Waals surface area contributed by atoms with Gasteiger partial charge in [-0.2, -0.15) is 0 Å². The summed E-state index contributed by atoms with van der Waals surface area (Å²) in [5.41, 5.74) is 1.78. The number of H-pyrrole nitrogens is 1. The number of esters is 1. The second kappa shape index (κ2) is 10.1. The summed E-state index contributed by atoms with van der Waals surface area (Å²) in [6.07, 6.45) is 0. The van der Waals surface area contributed by atoms with Crippen LogP contribution in [0.2, 0.25) is 5.02 Å². The zero-order valence-corrected chi connectivity index (χ0v) is 19.5. The largest absolute Gasteiger partial charge is 0.463 e. The predicted octanol–water partition coefficient (Wildman–Crippen LogP) is 2.88. The Labute approximate surface area is 200 Å². The van der Waals surface area contributed by atoms with Gasteiger partial charge in [-0.05, 0) is 43.8 Å². The minimum atomic E-state index is -0.702. The van der Waals surface area contributed by atoms with Crippen LogP contribution in [0.25, 0.3) is 10.9 Å². The molecule has 0 saturated carbocycles. The third-order valence-corrected chi connectivity index (χ3v) is 5.61. The maximum atomic E-state index is 12.9. The van der Waals surface area contributed by atoms with Gasteiger partial charge in [-0.1, -0.05) is 35.9 Å². The van der Waals surface area contributed by atoms with Crippen LogP contribution in [0.3, 0.4) is 0 Å². The van der Waals surface area contributed by atoms with E-state index >= 15 is 0 Å². The van der Waals surface area contributed by atoms with Crippen LogP contribution >= 0.6 is 11.6 Å². The Morgan fingerprint density at radius 2 is 1.85 bits per heavy atom. The molecule has 0 bridgehead atoms. The van der Waals surface area contributed by atoms with E-state index in [4.69, 9.17) is 16.3 Å². The van der Waals surface area contributed by atoms with Crippen LogP contribution in [0.4, 0.5) is 4.79 Å². The number of hydrogen-bond donors (Lipinski definition) is 3. The standard InChI is InChI=1S/C24H24ClN5O4/c1-3-34-23(32)20-18(27-24(33)29-21(20)14-8-10-15(25)11-9-14)12-30(2)13-19-26-17-7-5-4-6-16(17)22(31)28-19/h4-11,21H,3,12-13H2,1-2H3,(H,26,28,31)(H2,27,29,33). The Hall–Kier alpha value is -3.69. The van der Waals surface area contributed by atoms with Crippen molar-refractivity contribution < 1.29 is 14.3 Å². The molecule has 9 nitrogen and oxygen atoms in total. The van der Waals surface area contributed by atoms with Crippen molar-refractivity contribution in [1.82, 2.24) is 25.5 Å². The molecule has 3 N–H and O–H groups in total. The van der Waals surface area contributed by atoms with Gasteiger partial charge in [0.05, 0.1) is 35.7 Å². The fourth-order valence-electron chi connectivity index (χ4n) is 3.89. The molecule has 34 heavy (non-hydrogen) atoms. The van der Waals surface area contributed by atoms with E-state index in [1.807, 2.05) is 11.0 Å². The number of aromatic amines is 1. The highest BCUT2D eigenvalue weighted by molar-refractivity contribution is 6.30. The van der Waals surface area contributed by atoms with Gasteiger partial charge < -0.3 is 20.4 Å². The van der Waals surface area contributed by atoms with Crippen molar-refractivity contribution in [2.75, 3.05) is 20.2 Å². The monoisotopic (exact) mass is 481 g/mol. The van der Waals surface area contributed by atoms with Crippen molar-refractivity contribution >= 4 is 34.5 Å². The van der Waals surface area contributed by atoms with Crippen LogP contribution in [-0.4, -0.2) is 47.1 Å². The van der Waals surface area contributed by atoms with Gasteiger partial charge in [-0.25, -0.2) is 14.6 Å². The third-order valence-electron chi connectivity index (χ3n) is 5.36. The number of halogens is 1. The van der Waals surface area contributed by atoms with Crippen LogP contribution in [0, 0.1) is 0 Å². The average molecular weight is 482 g/mol. The molecule has 1 aromatic heterocycles. The number of carbonyl (C=O) groups excluding carboxylic acids is 2. The molecule has 10 heteroatoms. The van der Waals surface area contributed by atoms with Gasteiger partial charge in [0.1, 0.15) is 5.82 Å². The number of rotatable bonds is 7. The summed E-state index contributed by atoms with van der Waals surface area (Å²) in [6.45, 7) is 2.41. The van der Waals surface area contributed by atoms with E-state index in [0.29, 0.717) is 38.6 Å². The van der Waals surface area contributed by atoms with Crippen molar-refractivity contribution in [3.8, 4) is 0 Å². The first kappa shape index (κ1) is 23.5. The zero-order valence-electron chi connectivity index (χ0n) is 18.7. The van der Waals surface area contributed by atoms with Crippen LogP contribution in [0.15, 0.2) is 64.6 Å². The summed E-state index contributed by atoms with van der Waals surface area (Å²) in [6, 6.07) is 12.9. The van der Waals surface area contributed by atoms with E-state index in [9.17, 15) is 14.4 Å². The Bertz CT molecular complexity index is 1320. The van der Waals surface area contributed by atoms with Crippen LogP contribution < -0.4 is 16.2 Å². The molecule has 1 atom stereocenters. The molecule has 1 unspecified atom stereocenters. The average Bonchev–Trinajstić information content (AvgIpc) is 2.79. The molecule has 0 spiro atoms. The summed E-state index contributed by atoms with van der Waals surface area (Å²) in [4.78, 5) is 46.9. The summed E-state index contributed by atoms with van der Waals surface area (Å²) in [5.74, 6) is -0.0606. The molecular formula is C24H24ClN5O4. The maximum absolute atomic E-state index is 12.9. The van der Waals surface area contributed by atoms with Gasteiger partial charge >= 0.3 is 12.0 Å². The molecule has 1 aliphatic heterocycles. The molecule has 2 heterocycles. The Balaban J connectivity index is 1.65. The van der Waals surface area contributed by atoms with Gasteiger partial charge in [0.2, 0.25) is 0 Å². The van der Waals surface area contributed by atoms with E-state index in [1.165, 1.54) is 0 Å². The molecule has 2 aromatic carbocycles. The maximum Gasteiger partial charge on any atom is 0.338 e. The Morgan fingerprint density at radius 3 is 2.59 bits per heavy atom. The smallest absolute Gasteiger partial charge is 0.338 e. The lowest BCUT2D eigenvalue weighted by atomic mass is 9.95. The first-order valence-corrected chi connectivity index (χ1v) is 11.1. The molecule has 0 radical (unpaired) electrons. The highest BCUT2D eigenvalue weighted by Gasteiger charge is 2.34. The lowest BCUT2D eigenvalue weighted by Crippen LogP contribution is -2.48. The highest BCUT2D eigenvalue weighted by Crippen LogP contribution is 2.29. The van der Waals surface area contributed by atoms with E-state index in [0.717, 1.165) is 0 Å². The highest BCUT2D eigenvalue weighted by atomic mass is 35.5. The second-order valence-electron chi connectivity index (χ2n) is 7.90. The molecular weight excluding hydrogens is 458 g/mol. The first-order valence-electron chi connectivity index (χ1n) is 10.7. The van der Waals surface area contributed by atoms with Crippen molar-refractivity contribution in [2.45, 2.75) is 19.5 Å². The second-order valence-corrected chi connectivity index (χ2v) is 8.33. The quantitative estimate of drug-likeness (QED) is 0.447. The minimum Gasteiger partial charge on any atom is -0.463 e. The number of carbonyl (C=O) groups is 2. The van der Waals surface area contributed by atoms with Crippen molar-refractivity contribution in [3.05, 3.63) is 86.6 Å². The van der Waals surface area contributed by atoms with Gasteiger partial charge in [0.25, 0.3) is 5.56 Å². The number of fused-ring (bicyclic) bond motifs is 1. The van der Waals surface area contributed by atoms with Crippen LogP contribution in [0.1, 0.15) is 24.4 Å². The van der Waals surface area contributed by atoms with E-state index in [2.05, 4.69) is 20.6 Å². The Kier molecular flexibility index (Phi) is 6.95. The zero-order chi connectivity index (χ0) is 24.2. The fourth-order valence-corrected chi connectivity index (χ4v) is 4.02. The van der Waals surface area contributed by atoms with E-state index in [1.54, 1.807) is 56.4 Å². The number of amides is 2. The first-order chi connectivity index (χ1) is 16.4. The van der Waals surface area contributed by atoms with Crippen LogP contribution in [0.5, 0.6) is 0 Å². The predicted molar refractivity (Wildman–Crippen MR) is 128 cm³/mol. The summed E-state index contributed by atoms with van der Waals surface area (Å²) >= 11 is 6.01. The van der Waals surface area contributed by atoms with Gasteiger partial charge in [-0.15, -0.1) is 0 Å².